The summed E-state index contributed by atoms with van der Waals surface area (Å²) >= 11 is 2.06. The maximum absolute atomic E-state index is 7.22. The van der Waals surface area contributed by atoms with Crippen molar-refractivity contribution in [3.8, 4) is 0 Å². The number of hydrogen-bond donors (Lipinski definition) is 2. The van der Waals surface area contributed by atoms with Crippen LogP contribution in [0.3, 0.4) is 0 Å². The molecular formula is C12H12IN5. The minimum atomic E-state index is 0.637. The van der Waals surface area contributed by atoms with Crippen LogP contribution in [0.4, 0.5) is 5.69 Å². The molecule has 0 amide bonds. The molecule has 0 spiro atoms. The number of para-hydroxylation sites is 1. The summed E-state index contributed by atoms with van der Waals surface area (Å²) in [5, 5.41) is 10.3. The molecule has 0 bridgehead atoms. The van der Waals surface area contributed by atoms with Crippen LogP contribution in [0.15, 0.2) is 49.7 Å². The van der Waals surface area contributed by atoms with Crippen molar-refractivity contribution >= 4 is 46.8 Å². The van der Waals surface area contributed by atoms with E-state index < -0.39 is 0 Å². The Morgan fingerprint density at radius 3 is 2.78 bits per heavy atom. The fraction of sp³-hybridized carbons (Fsp3) is 0.0833. The number of hydrogen-bond acceptors (Lipinski definition) is 5. The zero-order valence-electron chi connectivity index (χ0n) is 9.76. The van der Waals surface area contributed by atoms with E-state index in [4.69, 9.17) is 5.41 Å². The van der Waals surface area contributed by atoms with E-state index in [0.29, 0.717) is 11.8 Å². The minimum Gasteiger partial charge on any atom is -0.315 e. The Morgan fingerprint density at radius 1 is 1.39 bits per heavy atom. The van der Waals surface area contributed by atoms with Crippen molar-refractivity contribution in [3.63, 3.8) is 0 Å². The van der Waals surface area contributed by atoms with E-state index in [1.807, 2.05) is 42.3 Å². The number of guanidine groups is 1. The van der Waals surface area contributed by atoms with E-state index in [9.17, 15) is 0 Å². The number of aliphatic imine (C=N–C) groups is 2. The van der Waals surface area contributed by atoms with Gasteiger partial charge in [-0.25, -0.2) is 9.98 Å². The highest BCUT2D eigenvalue weighted by molar-refractivity contribution is 14.1. The van der Waals surface area contributed by atoms with Gasteiger partial charge in [-0.1, -0.05) is 18.2 Å². The first-order valence-corrected chi connectivity index (χ1v) is 6.36. The van der Waals surface area contributed by atoms with Gasteiger partial charge in [-0.3, -0.25) is 0 Å². The van der Waals surface area contributed by atoms with Crippen LogP contribution < -0.4 is 10.2 Å². The maximum Gasteiger partial charge on any atom is 0.210 e. The molecule has 0 aromatic heterocycles. The zero-order valence-corrected chi connectivity index (χ0v) is 11.9. The highest BCUT2D eigenvalue weighted by Gasteiger charge is 2.13. The zero-order chi connectivity index (χ0) is 13.0. The molecule has 18 heavy (non-hydrogen) atoms. The Hall–Kier alpha value is -1.70. The first-order chi connectivity index (χ1) is 8.72. The third kappa shape index (κ3) is 2.76. The second-order valence-corrected chi connectivity index (χ2v) is 4.72. The molecule has 0 atom stereocenters. The molecule has 0 saturated heterocycles. The summed E-state index contributed by atoms with van der Waals surface area (Å²) in [6, 6.07) is 9.92. The predicted octanol–water partition coefficient (Wildman–Crippen LogP) is 2.36. The lowest BCUT2D eigenvalue weighted by molar-refractivity contribution is 1.01. The topological polar surface area (TPSA) is 63.8 Å². The predicted molar refractivity (Wildman–Crippen MR) is 83.7 cm³/mol. The lowest BCUT2D eigenvalue weighted by atomic mass is 10.3. The lowest BCUT2D eigenvalue weighted by Gasteiger charge is -2.23. The van der Waals surface area contributed by atoms with Crippen LogP contribution in [-0.4, -0.2) is 25.6 Å². The van der Waals surface area contributed by atoms with Crippen molar-refractivity contribution in [1.29, 1.82) is 5.41 Å². The van der Waals surface area contributed by atoms with Crippen molar-refractivity contribution in [2.45, 2.75) is 0 Å². The standard InChI is InChI=1S/C12H12IN5/c1-18(9-5-3-2-4-6-9)12-16-8-15-11(17-12)10(13)7-14/h2-8,14H,1H3,(H,15,16,17)/b11-10+,14-7?. The average molecular weight is 353 g/mol. The van der Waals surface area contributed by atoms with E-state index in [1.54, 1.807) is 0 Å². The molecule has 92 valence electrons. The molecule has 1 aromatic carbocycles. The highest BCUT2D eigenvalue weighted by atomic mass is 127. The summed E-state index contributed by atoms with van der Waals surface area (Å²) in [5.41, 5.74) is 1.03. The summed E-state index contributed by atoms with van der Waals surface area (Å²) in [6.07, 6.45) is 2.74. The Balaban J connectivity index is 2.23. The van der Waals surface area contributed by atoms with Crippen LogP contribution in [0.5, 0.6) is 0 Å². The van der Waals surface area contributed by atoms with Gasteiger partial charge in [-0.15, -0.1) is 0 Å². The number of nitrogens with zero attached hydrogens (tertiary/aromatic N) is 3. The normalized spacial score (nSPS) is 16.7. The van der Waals surface area contributed by atoms with Crippen molar-refractivity contribution in [2.24, 2.45) is 9.98 Å². The molecule has 1 heterocycles. The number of benzene rings is 1. The van der Waals surface area contributed by atoms with Gasteiger partial charge in [0.25, 0.3) is 0 Å². The van der Waals surface area contributed by atoms with Gasteiger partial charge in [0.05, 0.1) is 3.58 Å². The third-order valence-electron chi connectivity index (χ3n) is 2.41. The first-order valence-electron chi connectivity index (χ1n) is 5.29. The highest BCUT2D eigenvalue weighted by Crippen LogP contribution is 2.15. The van der Waals surface area contributed by atoms with E-state index in [-0.39, 0.29) is 0 Å². The quantitative estimate of drug-likeness (QED) is 0.633. The number of rotatable bonds is 2. The Morgan fingerprint density at radius 2 is 2.11 bits per heavy atom. The van der Waals surface area contributed by atoms with Crippen molar-refractivity contribution < 1.29 is 0 Å². The molecule has 5 nitrogen and oxygen atoms in total. The van der Waals surface area contributed by atoms with Gasteiger partial charge in [0.2, 0.25) is 5.96 Å². The number of halogens is 1. The molecule has 1 aromatic rings. The fourth-order valence-corrected chi connectivity index (χ4v) is 1.72. The third-order valence-corrected chi connectivity index (χ3v) is 3.23. The van der Waals surface area contributed by atoms with Gasteiger partial charge in [-0.05, 0) is 34.7 Å². The average Bonchev–Trinajstić information content (AvgIpc) is 2.46. The number of nitrogens with one attached hydrogen (secondary N) is 2. The van der Waals surface area contributed by atoms with Gasteiger partial charge in [0.1, 0.15) is 12.2 Å². The van der Waals surface area contributed by atoms with Gasteiger partial charge < -0.3 is 15.6 Å². The SMILES string of the molecule is CN(C1=NC=N/C(=C(\I)C=N)N1)c1ccccc1. The van der Waals surface area contributed by atoms with Crippen LogP contribution in [0.25, 0.3) is 0 Å². The van der Waals surface area contributed by atoms with Crippen LogP contribution in [0.2, 0.25) is 0 Å². The molecule has 1 aliphatic rings. The summed E-state index contributed by atoms with van der Waals surface area (Å²) in [7, 11) is 1.93. The molecule has 6 heteroatoms. The number of allylic oxidation sites excluding steroid dienone is 1. The summed E-state index contributed by atoms with van der Waals surface area (Å²) in [5.74, 6) is 1.32. The smallest absolute Gasteiger partial charge is 0.210 e. The van der Waals surface area contributed by atoms with Crippen molar-refractivity contribution in [3.05, 3.63) is 39.7 Å². The summed E-state index contributed by atoms with van der Waals surface area (Å²) in [4.78, 5) is 10.2. The second-order valence-electron chi connectivity index (χ2n) is 3.56. The minimum absolute atomic E-state index is 0.637. The summed E-state index contributed by atoms with van der Waals surface area (Å²) in [6.45, 7) is 0. The number of anilines is 1. The van der Waals surface area contributed by atoms with Crippen LogP contribution in [0.1, 0.15) is 0 Å². The molecule has 2 rings (SSSR count). The van der Waals surface area contributed by atoms with E-state index in [0.717, 1.165) is 9.27 Å². The van der Waals surface area contributed by atoms with Crippen LogP contribution >= 0.6 is 22.6 Å². The Kier molecular flexibility index (Phi) is 4.08. The van der Waals surface area contributed by atoms with Crippen LogP contribution in [-0.2, 0) is 0 Å². The molecule has 1 aliphatic heterocycles. The van der Waals surface area contributed by atoms with Gasteiger partial charge in [0.15, 0.2) is 0 Å². The Labute approximate surface area is 119 Å². The first kappa shape index (κ1) is 12.7. The van der Waals surface area contributed by atoms with E-state index in [1.165, 1.54) is 12.6 Å². The lowest BCUT2D eigenvalue weighted by Crippen LogP contribution is -2.40. The molecule has 0 saturated carbocycles. The Bertz CT molecular complexity index is 533. The molecule has 2 N–H and O–H groups in total. The fourth-order valence-electron chi connectivity index (χ4n) is 1.45. The van der Waals surface area contributed by atoms with Gasteiger partial charge in [-0.2, -0.15) is 0 Å². The molecule has 0 fully saturated rings. The largest absolute Gasteiger partial charge is 0.315 e. The second kappa shape index (κ2) is 5.76. The molecule has 0 aliphatic carbocycles. The van der Waals surface area contributed by atoms with E-state index in [2.05, 4.69) is 37.9 Å². The van der Waals surface area contributed by atoms with Crippen molar-refractivity contribution in [2.75, 3.05) is 11.9 Å². The van der Waals surface area contributed by atoms with Gasteiger partial charge in [0, 0.05) is 18.9 Å². The van der Waals surface area contributed by atoms with Gasteiger partial charge >= 0.3 is 0 Å². The van der Waals surface area contributed by atoms with E-state index >= 15 is 0 Å². The summed E-state index contributed by atoms with van der Waals surface area (Å²) < 4.78 is 0.734. The van der Waals surface area contributed by atoms with Crippen LogP contribution in [0, 0.1) is 5.41 Å². The molecule has 0 unspecified atom stereocenters. The maximum atomic E-state index is 7.22. The monoisotopic (exact) mass is 353 g/mol. The molecule has 0 radical (unpaired) electrons. The van der Waals surface area contributed by atoms with Crippen molar-refractivity contribution in [1.82, 2.24) is 5.32 Å². The molecular weight excluding hydrogens is 341 g/mol.